The Morgan fingerprint density at radius 3 is 2.07 bits per heavy atom. The van der Waals surface area contributed by atoms with E-state index < -0.39 is 83.5 Å². The minimum absolute atomic E-state index is 0.00853. The summed E-state index contributed by atoms with van der Waals surface area (Å²) in [6.07, 6.45) is -8.39. The fourth-order valence-electron chi connectivity index (χ4n) is 5.32. The highest BCUT2D eigenvalue weighted by atomic mass is 31.2. The number of ether oxygens (including phenoxy) is 2. The lowest BCUT2D eigenvalue weighted by molar-refractivity contribution is -0.0674. The first-order chi connectivity index (χ1) is 20.5. The molecule has 19 nitrogen and oxygen atoms in total. The lowest BCUT2D eigenvalue weighted by Crippen LogP contribution is -2.38. The second-order valence-electron chi connectivity index (χ2n) is 9.98. The van der Waals surface area contributed by atoms with Gasteiger partial charge in [-0.25, -0.2) is 24.1 Å². The molecule has 0 saturated carbocycles. The SMILES string of the molecule is O=c1[nH]cnc2c1ncn2[C@@H]1O[C@@H]2COP(=O)(O)OC3C(O)[C@@H](COP(=O)(O)OC1C2O)O[C@H]3n1cnc2ccccc21. The van der Waals surface area contributed by atoms with Gasteiger partial charge in [-0.1, -0.05) is 12.1 Å². The number of aromatic nitrogens is 6. The van der Waals surface area contributed by atoms with Gasteiger partial charge in [0, 0.05) is 0 Å². The van der Waals surface area contributed by atoms with Crippen LogP contribution in [0, 0.1) is 0 Å². The number of hydrogen-bond donors (Lipinski definition) is 5. The summed E-state index contributed by atoms with van der Waals surface area (Å²) in [5.41, 5.74) is 0.419. The zero-order valence-electron chi connectivity index (χ0n) is 21.7. The standard InChI is InChI=1S/C22H24N6O13P2/c29-15-12-5-36-43(34,35)41-18-16(30)13(39-22(18)28-9-26-14-19(28)23-7-24-20(14)31)6-37-42(32,33)40-17(15)21(38-12)27-8-25-10-3-1-2-4-11(10)27/h1-4,7-9,12-13,15-18,21-22,29-30H,5-6H2,(H,32,33)(H,34,35)(H,23,24,31)/t12-,13-,15?,16?,17?,18?,21-,22-/m1/s1. The highest BCUT2D eigenvalue weighted by Gasteiger charge is 2.53. The molecule has 0 spiro atoms. The van der Waals surface area contributed by atoms with Crippen molar-refractivity contribution in [3.05, 3.63) is 53.6 Å². The second kappa shape index (κ2) is 10.6. The number of hydrogen-bond acceptors (Lipinski definition) is 14. The van der Waals surface area contributed by atoms with Gasteiger partial charge in [-0.2, -0.15) is 0 Å². The van der Waals surface area contributed by atoms with Crippen LogP contribution in [0.15, 0.2) is 48.0 Å². The number of nitrogens with one attached hydrogen (secondary N) is 1. The molecule has 3 saturated heterocycles. The van der Waals surface area contributed by atoms with Gasteiger partial charge in [0.2, 0.25) is 0 Å². The van der Waals surface area contributed by atoms with Crippen LogP contribution in [0.25, 0.3) is 22.2 Å². The van der Waals surface area contributed by atoms with Crippen molar-refractivity contribution in [1.82, 2.24) is 29.1 Å². The molecule has 0 radical (unpaired) electrons. The first kappa shape index (κ1) is 28.8. The average molecular weight is 642 g/mol. The molecule has 3 aliphatic heterocycles. The van der Waals surface area contributed by atoms with Crippen LogP contribution in [0.4, 0.5) is 0 Å². The van der Waals surface area contributed by atoms with E-state index in [-0.39, 0.29) is 11.2 Å². The van der Waals surface area contributed by atoms with E-state index in [1.54, 1.807) is 24.3 Å². The summed E-state index contributed by atoms with van der Waals surface area (Å²) < 4.78 is 61.6. The number of benzene rings is 1. The normalized spacial score (nSPS) is 38.9. The number of fused-ring (bicyclic) bond motifs is 6. The van der Waals surface area contributed by atoms with Gasteiger partial charge < -0.3 is 39.0 Å². The molecule has 4 bridgehead atoms. The predicted octanol–water partition coefficient (Wildman–Crippen LogP) is -0.296. The van der Waals surface area contributed by atoms with E-state index >= 15 is 0 Å². The summed E-state index contributed by atoms with van der Waals surface area (Å²) in [6, 6.07) is 6.90. The van der Waals surface area contributed by atoms with Crippen LogP contribution in [0.3, 0.4) is 0 Å². The van der Waals surface area contributed by atoms with E-state index in [2.05, 4.69) is 19.9 Å². The molecule has 43 heavy (non-hydrogen) atoms. The number of rotatable bonds is 2. The molecule has 0 aliphatic carbocycles. The zero-order chi connectivity index (χ0) is 30.1. The van der Waals surface area contributed by atoms with Gasteiger partial charge in [-0.05, 0) is 12.1 Å². The first-order valence-electron chi connectivity index (χ1n) is 12.8. The Labute approximate surface area is 239 Å². The predicted molar refractivity (Wildman–Crippen MR) is 139 cm³/mol. The zero-order valence-corrected chi connectivity index (χ0v) is 23.5. The van der Waals surface area contributed by atoms with Crippen molar-refractivity contribution in [2.45, 2.75) is 49.1 Å². The van der Waals surface area contributed by atoms with Crippen molar-refractivity contribution in [2.75, 3.05) is 13.2 Å². The third kappa shape index (κ3) is 5.16. The van der Waals surface area contributed by atoms with Crippen molar-refractivity contribution in [3.8, 4) is 0 Å². The number of imidazole rings is 2. The third-order valence-electron chi connectivity index (χ3n) is 7.33. The lowest BCUT2D eigenvalue weighted by Gasteiger charge is -2.26. The minimum Gasteiger partial charge on any atom is -0.387 e. The second-order valence-corrected chi connectivity index (χ2v) is 12.8. The Morgan fingerprint density at radius 2 is 1.42 bits per heavy atom. The summed E-state index contributed by atoms with van der Waals surface area (Å²) in [7, 11) is -10.0. The molecule has 3 aliphatic rings. The smallest absolute Gasteiger partial charge is 0.387 e. The number of phosphoric acid groups is 2. The molecule has 0 amide bonds. The van der Waals surface area contributed by atoms with Crippen molar-refractivity contribution in [1.29, 1.82) is 0 Å². The Kier molecular flexibility index (Phi) is 7.13. The molecule has 10 atom stereocenters. The number of aliphatic hydroxyl groups excluding tert-OH is 2. The van der Waals surface area contributed by atoms with Crippen LogP contribution >= 0.6 is 15.6 Å². The maximum Gasteiger partial charge on any atom is 0.472 e. The highest BCUT2D eigenvalue weighted by Crippen LogP contribution is 2.53. The van der Waals surface area contributed by atoms with Gasteiger partial charge in [0.15, 0.2) is 23.6 Å². The maximum atomic E-state index is 13.1. The average Bonchev–Trinajstić information content (AvgIpc) is 3.72. The van der Waals surface area contributed by atoms with E-state index in [0.717, 1.165) is 12.7 Å². The monoisotopic (exact) mass is 642 g/mol. The number of aliphatic hydroxyl groups is 2. The van der Waals surface area contributed by atoms with E-state index in [0.29, 0.717) is 11.0 Å². The fraction of sp³-hybridized carbons (Fsp3) is 0.455. The third-order valence-corrected chi connectivity index (χ3v) is 9.30. The van der Waals surface area contributed by atoms with Gasteiger partial charge in [0.25, 0.3) is 5.56 Å². The van der Waals surface area contributed by atoms with E-state index in [1.165, 1.54) is 15.5 Å². The molecule has 6 unspecified atom stereocenters. The lowest BCUT2D eigenvalue weighted by atomic mass is 10.1. The first-order valence-corrected chi connectivity index (χ1v) is 15.8. The Morgan fingerprint density at radius 1 is 0.837 bits per heavy atom. The number of H-pyrrole nitrogens is 1. The number of para-hydroxylation sites is 2. The topological polar surface area (TPSA) is 252 Å². The van der Waals surface area contributed by atoms with Gasteiger partial charge in [-0.15, -0.1) is 0 Å². The Hall–Kier alpha value is -2.90. The molecule has 6 heterocycles. The van der Waals surface area contributed by atoms with Crippen LogP contribution in [0.2, 0.25) is 0 Å². The molecule has 3 fully saturated rings. The summed E-state index contributed by atoms with van der Waals surface area (Å²) >= 11 is 0. The van der Waals surface area contributed by atoms with Crippen molar-refractivity contribution in [3.63, 3.8) is 0 Å². The van der Waals surface area contributed by atoms with Crippen molar-refractivity contribution < 1.29 is 56.7 Å². The number of phosphoric ester groups is 2. The molecule has 21 heteroatoms. The maximum absolute atomic E-state index is 13.1. The summed E-state index contributed by atoms with van der Waals surface area (Å²) in [4.78, 5) is 48.0. The molecular formula is C22H24N6O13P2. The minimum atomic E-state index is -5.02. The number of aromatic amines is 1. The van der Waals surface area contributed by atoms with Crippen LogP contribution < -0.4 is 5.56 Å². The van der Waals surface area contributed by atoms with E-state index in [4.69, 9.17) is 27.6 Å². The Bertz CT molecular complexity index is 1830. The molecule has 3 aromatic heterocycles. The molecular weight excluding hydrogens is 618 g/mol. The number of nitrogens with zero attached hydrogens (tertiary/aromatic N) is 5. The summed E-state index contributed by atoms with van der Waals surface area (Å²) in [5, 5.41) is 22.1. The summed E-state index contributed by atoms with van der Waals surface area (Å²) in [6.45, 7) is -1.51. The molecule has 4 aromatic rings. The largest absolute Gasteiger partial charge is 0.472 e. The molecule has 5 N–H and O–H groups in total. The van der Waals surface area contributed by atoms with Gasteiger partial charge >= 0.3 is 15.6 Å². The Balaban J connectivity index is 1.22. The van der Waals surface area contributed by atoms with Gasteiger partial charge in [0.05, 0.1) is 43.2 Å². The fourth-order valence-corrected chi connectivity index (χ4v) is 7.19. The molecule has 1 aromatic carbocycles. The summed E-state index contributed by atoms with van der Waals surface area (Å²) in [5.74, 6) is 0. The van der Waals surface area contributed by atoms with E-state index in [1.807, 2.05) is 0 Å². The quantitative estimate of drug-likeness (QED) is 0.176. The van der Waals surface area contributed by atoms with Crippen molar-refractivity contribution >= 4 is 37.8 Å². The van der Waals surface area contributed by atoms with Crippen LogP contribution in [-0.4, -0.2) is 98.9 Å². The van der Waals surface area contributed by atoms with Crippen molar-refractivity contribution in [2.24, 2.45) is 0 Å². The molecule has 7 rings (SSSR count). The van der Waals surface area contributed by atoms with Gasteiger partial charge in [-0.3, -0.25) is 27.5 Å². The van der Waals surface area contributed by atoms with Crippen LogP contribution in [0.1, 0.15) is 12.5 Å². The van der Waals surface area contributed by atoms with Crippen LogP contribution in [-0.2, 0) is 36.7 Å². The highest BCUT2D eigenvalue weighted by molar-refractivity contribution is 7.47. The van der Waals surface area contributed by atoms with Crippen LogP contribution in [0.5, 0.6) is 0 Å². The molecule has 230 valence electrons. The van der Waals surface area contributed by atoms with Gasteiger partial charge in [0.1, 0.15) is 36.6 Å². The van der Waals surface area contributed by atoms with E-state index in [9.17, 15) is 33.9 Å².